The highest BCUT2D eigenvalue weighted by Crippen LogP contribution is 2.13. The van der Waals surface area contributed by atoms with Gasteiger partial charge in [0.15, 0.2) is 5.82 Å². The average molecular weight is 301 g/mol. The first kappa shape index (κ1) is 16.2. The van der Waals surface area contributed by atoms with Crippen molar-refractivity contribution in [1.82, 2.24) is 10.1 Å². The summed E-state index contributed by atoms with van der Waals surface area (Å²) in [6.45, 7) is 6.15. The summed E-state index contributed by atoms with van der Waals surface area (Å²) in [5.74, 6) is 1.58. The summed E-state index contributed by atoms with van der Waals surface area (Å²) in [6, 6.07) is 7.93. The number of nitrogens with zero attached hydrogens (tertiary/aromatic N) is 2. The van der Waals surface area contributed by atoms with Crippen LogP contribution >= 0.6 is 0 Å². The van der Waals surface area contributed by atoms with Crippen LogP contribution in [0.2, 0.25) is 0 Å². The third-order valence-corrected chi connectivity index (χ3v) is 3.44. The predicted molar refractivity (Wildman–Crippen MR) is 85.8 cm³/mol. The van der Waals surface area contributed by atoms with E-state index >= 15 is 0 Å². The Morgan fingerprint density at radius 2 is 2.00 bits per heavy atom. The molecular formula is C17H23N3O2. The van der Waals surface area contributed by atoms with Gasteiger partial charge < -0.3 is 9.84 Å². The number of benzene rings is 1. The van der Waals surface area contributed by atoms with Crippen molar-refractivity contribution >= 4 is 11.6 Å². The van der Waals surface area contributed by atoms with Gasteiger partial charge in [0.25, 0.3) is 0 Å². The zero-order valence-electron chi connectivity index (χ0n) is 13.4. The molecule has 0 spiro atoms. The van der Waals surface area contributed by atoms with Gasteiger partial charge in [-0.25, -0.2) is 0 Å². The van der Waals surface area contributed by atoms with E-state index in [1.807, 2.05) is 38.1 Å². The molecule has 0 atom stereocenters. The molecule has 0 radical (unpaired) electrons. The van der Waals surface area contributed by atoms with Gasteiger partial charge in [0.05, 0.1) is 0 Å². The van der Waals surface area contributed by atoms with E-state index in [1.165, 1.54) is 5.56 Å². The van der Waals surface area contributed by atoms with Gasteiger partial charge in [-0.2, -0.15) is 4.98 Å². The van der Waals surface area contributed by atoms with Crippen molar-refractivity contribution in [3.05, 3.63) is 41.5 Å². The molecule has 118 valence electrons. The van der Waals surface area contributed by atoms with E-state index in [0.717, 1.165) is 17.9 Å². The fraction of sp³-hybridized carbons (Fsp3) is 0.471. The number of aryl methyl sites for hydroxylation is 2. The average Bonchev–Trinajstić information content (AvgIpc) is 2.97. The third kappa shape index (κ3) is 4.69. The lowest BCUT2D eigenvalue weighted by Crippen LogP contribution is -2.11. The van der Waals surface area contributed by atoms with Crippen LogP contribution in [0.4, 0.5) is 5.69 Å². The molecule has 1 aromatic carbocycles. The van der Waals surface area contributed by atoms with Gasteiger partial charge in [0.2, 0.25) is 11.8 Å². The number of aromatic nitrogens is 2. The summed E-state index contributed by atoms with van der Waals surface area (Å²) in [4.78, 5) is 16.2. The molecule has 22 heavy (non-hydrogen) atoms. The van der Waals surface area contributed by atoms with Gasteiger partial charge in [-0.05, 0) is 30.5 Å². The van der Waals surface area contributed by atoms with Crippen LogP contribution in [0, 0.1) is 0 Å². The number of amides is 1. The van der Waals surface area contributed by atoms with E-state index in [0.29, 0.717) is 25.2 Å². The third-order valence-electron chi connectivity index (χ3n) is 3.44. The summed E-state index contributed by atoms with van der Waals surface area (Å²) in [7, 11) is 0. The Kier molecular flexibility index (Phi) is 5.69. The van der Waals surface area contributed by atoms with E-state index in [1.54, 1.807) is 0 Å². The maximum absolute atomic E-state index is 11.9. The van der Waals surface area contributed by atoms with Gasteiger partial charge in [0, 0.05) is 24.4 Å². The number of hydrogen-bond acceptors (Lipinski definition) is 4. The molecule has 1 amide bonds. The highest BCUT2D eigenvalue weighted by molar-refractivity contribution is 5.90. The van der Waals surface area contributed by atoms with Crippen molar-refractivity contribution < 1.29 is 9.32 Å². The second-order valence-corrected chi connectivity index (χ2v) is 5.65. The molecule has 5 heteroatoms. The zero-order chi connectivity index (χ0) is 15.9. The molecule has 0 saturated carbocycles. The number of hydrogen-bond donors (Lipinski definition) is 1. The highest BCUT2D eigenvalue weighted by Gasteiger charge is 2.10. The molecular weight excluding hydrogens is 278 g/mol. The van der Waals surface area contributed by atoms with Crippen molar-refractivity contribution in [3.8, 4) is 0 Å². The van der Waals surface area contributed by atoms with Crippen LogP contribution < -0.4 is 5.32 Å². The van der Waals surface area contributed by atoms with Gasteiger partial charge in [-0.15, -0.1) is 0 Å². The Bertz CT molecular complexity index is 603. The van der Waals surface area contributed by atoms with Crippen LogP contribution in [0.5, 0.6) is 0 Å². The summed E-state index contributed by atoms with van der Waals surface area (Å²) in [5.41, 5.74) is 2.09. The van der Waals surface area contributed by atoms with Crippen molar-refractivity contribution in [1.29, 1.82) is 0 Å². The maximum atomic E-state index is 11.9. The van der Waals surface area contributed by atoms with E-state index in [9.17, 15) is 4.79 Å². The van der Waals surface area contributed by atoms with E-state index in [-0.39, 0.29) is 11.8 Å². The lowest BCUT2D eigenvalue weighted by atomic mass is 10.1. The normalized spacial score (nSPS) is 10.9. The second kappa shape index (κ2) is 7.73. The topological polar surface area (TPSA) is 68.0 Å². The molecule has 0 aliphatic heterocycles. The van der Waals surface area contributed by atoms with Crippen LogP contribution in [0.3, 0.4) is 0 Å². The Balaban J connectivity index is 1.74. The fourth-order valence-electron chi connectivity index (χ4n) is 2.05. The summed E-state index contributed by atoms with van der Waals surface area (Å²) >= 11 is 0. The Morgan fingerprint density at radius 3 is 2.59 bits per heavy atom. The van der Waals surface area contributed by atoms with Gasteiger partial charge in [-0.1, -0.05) is 38.1 Å². The number of carbonyl (C=O) groups excluding carboxylic acids is 1. The van der Waals surface area contributed by atoms with Crippen molar-refractivity contribution in [3.63, 3.8) is 0 Å². The lowest BCUT2D eigenvalue weighted by molar-refractivity contribution is -0.116. The first-order valence-electron chi connectivity index (χ1n) is 7.79. The van der Waals surface area contributed by atoms with Crippen molar-refractivity contribution in [2.75, 3.05) is 5.32 Å². The predicted octanol–water partition coefficient (Wildman–Crippen LogP) is 3.72. The molecule has 1 heterocycles. The molecule has 2 aromatic rings. The smallest absolute Gasteiger partial charge is 0.226 e. The molecule has 0 unspecified atom stereocenters. The highest BCUT2D eigenvalue weighted by atomic mass is 16.5. The summed E-state index contributed by atoms with van der Waals surface area (Å²) < 4.78 is 5.16. The standard InChI is InChI=1S/C17H23N3O2/c1-4-13-8-10-14(11-9-13)18-15(21)6-5-7-16-19-17(12(2)3)20-22-16/h8-12H,4-7H2,1-3H3,(H,18,21). The summed E-state index contributed by atoms with van der Waals surface area (Å²) in [6.07, 6.45) is 2.76. The molecule has 2 rings (SSSR count). The zero-order valence-corrected chi connectivity index (χ0v) is 13.4. The minimum Gasteiger partial charge on any atom is -0.339 e. The largest absolute Gasteiger partial charge is 0.339 e. The van der Waals surface area contributed by atoms with E-state index < -0.39 is 0 Å². The molecule has 0 aliphatic carbocycles. The molecule has 0 bridgehead atoms. The van der Waals surface area contributed by atoms with E-state index in [2.05, 4.69) is 22.4 Å². The Hall–Kier alpha value is -2.17. The van der Waals surface area contributed by atoms with Crippen LogP contribution in [0.1, 0.15) is 56.8 Å². The van der Waals surface area contributed by atoms with Crippen LogP contribution in [0.15, 0.2) is 28.8 Å². The number of anilines is 1. The number of nitrogens with one attached hydrogen (secondary N) is 1. The first-order chi connectivity index (χ1) is 10.6. The molecule has 0 fully saturated rings. The van der Waals surface area contributed by atoms with Gasteiger partial charge in [0.1, 0.15) is 0 Å². The number of carbonyl (C=O) groups is 1. The molecule has 0 aliphatic rings. The lowest BCUT2D eigenvalue weighted by Gasteiger charge is -2.05. The van der Waals surface area contributed by atoms with E-state index in [4.69, 9.17) is 4.52 Å². The van der Waals surface area contributed by atoms with Crippen molar-refractivity contribution in [2.24, 2.45) is 0 Å². The number of rotatable bonds is 7. The monoisotopic (exact) mass is 301 g/mol. The minimum absolute atomic E-state index is 0.00727. The SMILES string of the molecule is CCc1ccc(NC(=O)CCCc2nc(C(C)C)no2)cc1. The van der Waals surface area contributed by atoms with Gasteiger partial charge >= 0.3 is 0 Å². The summed E-state index contributed by atoms with van der Waals surface area (Å²) in [5, 5.41) is 6.81. The molecule has 5 nitrogen and oxygen atoms in total. The van der Waals surface area contributed by atoms with Crippen LogP contribution in [0.25, 0.3) is 0 Å². The molecule has 0 saturated heterocycles. The maximum Gasteiger partial charge on any atom is 0.226 e. The van der Waals surface area contributed by atoms with Crippen molar-refractivity contribution in [2.45, 2.75) is 52.4 Å². The van der Waals surface area contributed by atoms with Gasteiger partial charge in [-0.3, -0.25) is 4.79 Å². The second-order valence-electron chi connectivity index (χ2n) is 5.65. The Labute approximate surface area is 131 Å². The molecule has 1 aromatic heterocycles. The first-order valence-corrected chi connectivity index (χ1v) is 7.79. The van der Waals surface area contributed by atoms with Crippen LogP contribution in [-0.2, 0) is 17.6 Å². The quantitative estimate of drug-likeness (QED) is 0.846. The van der Waals surface area contributed by atoms with Crippen LogP contribution in [-0.4, -0.2) is 16.0 Å². The Morgan fingerprint density at radius 1 is 1.27 bits per heavy atom. The fourth-order valence-corrected chi connectivity index (χ4v) is 2.05. The molecule has 1 N–H and O–H groups in total. The minimum atomic E-state index is 0.00727.